The molecule has 41 heavy (non-hydrogen) atoms. The maximum atomic E-state index is 13.8. The van der Waals surface area contributed by atoms with Crippen LogP contribution < -0.4 is 10.6 Å². The Morgan fingerprint density at radius 1 is 0.976 bits per heavy atom. The number of halogens is 1. The van der Waals surface area contributed by atoms with E-state index in [2.05, 4.69) is 20.8 Å². The van der Waals surface area contributed by atoms with E-state index < -0.39 is 11.7 Å². The van der Waals surface area contributed by atoms with Gasteiger partial charge >= 0.3 is 23.8 Å². The zero-order chi connectivity index (χ0) is 28.8. The number of hydrogen-bond donors (Lipinski definition) is 2. The smallest absolute Gasteiger partial charge is 0.320 e. The van der Waals surface area contributed by atoms with Crippen molar-refractivity contribution in [2.45, 2.75) is 50.9 Å². The fourth-order valence-corrected chi connectivity index (χ4v) is 5.67. The third kappa shape index (κ3) is 7.08. The number of methoxy groups -OCH3 is 1. The summed E-state index contributed by atoms with van der Waals surface area (Å²) >= 11 is 0. The van der Waals surface area contributed by atoms with Crippen LogP contribution in [-0.4, -0.2) is 53.1 Å². The molecule has 1 aliphatic heterocycles. The van der Waals surface area contributed by atoms with Gasteiger partial charge in [-0.15, -0.1) is 5.10 Å². The molecule has 0 atom stereocenters. The van der Waals surface area contributed by atoms with Gasteiger partial charge in [0.15, 0.2) is 0 Å². The van der Waals surface area contributed by atoms with Gasteiger partial charge in [0, 0.05) is 25.2 Å². The van der Waals surface area contributed by atoms with Crippen LogP contribution in [0.25, 0.3) is 0 Å². The molecule has 0 radical (unpaired) electrons. The first kappa shape index (κ1) is 28.3. The minimum atomic E-state index is -0.563. The molecule has 2 amide bonds. The number of carbonyl (C=O) groups excluding carboxylic acids is 3. The van der Waals surface area contributed by atoms with E-state index in [9.17, 15) is 18.8 Å². The van der Waals surface area contributed by atoms with E-state index in [0.29, 0.717) is 49.9 Å². The number of likely N-dealkylation sites (tertiary alicyclic amines) is 1. The molecule has 3 aromatic rings. The molecule has 216 valence electrons. The Labute approximate surface area is 237 Å². The van der Waals surface area contributed by atoms with Crippen LogP contribution in [0.3, 0.4) is 0 Å². The topological polar surface area (TPSA) is 127 Å². The van der Waals surface area contributed by atoms with Crippen molar-refractivity contribution in [3.05, 3.63) is 65.8 Å². The number of hydrogen-bond acceptors (Lipinski definition) is 8. The number of para-hydroxylation sites is 1. The molecule has 10 nitrogen and oxygen atoms in total. The zero-order valence-corrected chi connectivity index (χ0v) is 23.0. The highest BCUT2D eigenvalue weighted by Gasteiger charge is 2.30. The first-order valence-corrected chi connectivity index (χ1v) is 14.0. The van der Waals surface area contributed by atoms with Crippen molar-refractivity contribution in [1.29, 1.82) is 0 Å². The standard InChI is InChI=1S/C30H34FN5O5/c1-40-29(39)22-14-16-36(17-15-22)26(37)18-19-6-8-20(9-7-19)21-10-12-23(13-11-21)32-27(38)28-34-35-30(41-28)33-25-5-3-2-4-24(25)31/h2-5,10-13,19-20,22H,6-9,14-18H2,1H3,(H,32,38)(H,33,35). The summed E-state index contributed by atoms with van der Waals surface area (Å²) in [7, 11) is 1.41. The summed E-state index contributed by atoms with van der Waals surface area (Å²) in [6.07, 6.45) is 5.91. The van der Waals surface area contributed by atoms with E-state index in [1.807, 2.05) is 29.2 Å². The van der Waals surface area contributed by atoms with Crippen LogP contribution in [0.2, 0.25) is 0 Å². The number of aromatic nitrogens is 2. The molecule has 0 spiro atoms. The molecule has 0 bridgehead atoms. The van der Waals surface area contributed by atoms with Crippen molar-refractivity contribution < 1.29 is 27.9 Å². The van der Waals surface area contributed by atoms with Crippen LogP contribution in [-0.2, 0) is 14.3 Å². The first-order valence-electron chi connectivity index (χ1n) is 14.0. The lowest BCUT2D eigenvalue weighted by molar-refractivity contribution is -0.149. The number of nitrogens with zero attached hydrogens (tertiary/aromatic N) is 3. The summed E-state index contributed by atoms with van der Waals surface area (Å²) in [6, 6.07) is 13.7. The Hall–Kier alpha value is -4.28. The Bertz CT molecular complexity index is 1360. The second kappa shape index (κ2) is 12.9. The fraction of sp³-hybridized carbons (Fsp3) is 0.433. The molecule has 2 fully saturated rings. The highest BCUT2D eigenvalue weighted by atomic mass is 19.1. The summed E-state index contributed by atoms with van der Waals surface area (Å²) in [6.45, 7) is 1.24. The first-order chi connectivity index (χ1) is 19.9. The molecule has 2 heterocycles. The highest BCUT2D eigenvalue weighted by molar-refractivity contribution is 6.00. The van der Waals surface area contributed by atoms with E-state index in [4.69, 9.17) is 9.15 Å². The average molecular weight is 564 g/mol. The maximum Gasteiger partial charge on any atom is 0.320 e. The Balaban J connectivity index is 1.06. The van der Waals surface area contributed by atoms with Crippen molar-refractivity contribution in [2.24, 2.45) is 11.8 Å². The summed E-state index contributed by atoms with van der Waals surface area (Å²) in [5.74, 6) is -0.587. The summed E-state index contributed by atoms with van der Waals surface area (Å²) < 4.78 is 24.0. The fourth-order valence-electron chi connectivity index (χ4n) is 5.67. The van der Waals surface area contributed by atoms with Crippen molar-refractivity contribution in [3.63, 3.8) is 0 Å². The average Bonchev–Trinajstić information content (AvgIpc) is 3.48. The Kier molecular flexibility index (Phi) is 8.91. The predicted molar refractivity (Wildman–Crippen MR) is 149 cm³/mol. The van der Waals surface area contributed by atoms with Gasteiger partial charge in [-0.1, -0.05) is 29.4 Å². The van der Waals surface area contributed by atoms with Gasteiger partial charge < -0.3 is 24.7 Å². The molecule has 5 rings (SSSR count). The van der Waals surface area contributed by atoms with Crippen LogP contribution >= 0.6 is 0 Å². The lowest BCUT2D eigenvalue weighted by atomic mass is 9.77. The summed E-state index contributed by atoms with van der Waals surface area (Å²) in [5, 5.41) is 12.9. The number of esters is 1. The quantitative estimate of drug-likeness (QED) is 0.355. The number of amides is 2. The van der Waals surface area contributed by atoms with Gasteiger partial charge in [-0.05, 0) is 80.2 Å². The predicted octanol–water partition coefficient (Wildman–Crippen LogP) is 5.28. The largest absolute Gasteiger partial charge is 0.469 e. The van der Waals surface area contributed by atoms with Gasteiger partial charge in [0.2, 0.25) is 5.91 Å². The third-order valence-corrected chi connectivity index (χ3v) is 8.07. The molecule has 0 unspecified atom stereocenters. The lowest BCUT2D eigenvalue weighted by Crippen LogP contribution is -2.41. The maximum absolute atomic E-state index is 13.8. The second-order valence-electron chi connectivity index (χ2n) is 10.7. The van der Waals surface area contributed by atoms with E-state index >= 15 is 0 Å². The van der Waals surface area contributed by atoms with Gasteiger partial charge in [-0.3, -0.25) is 14.4 Å². The van der Waals surface area contributed by atoms with E-state index in [-0.39, 0.29) is 35.4 Å². The van der Waals surface area contributed by atoms with Crippen molar-refractivity contribution in [2.75, 3.05) is 30.8 Å². The molecule has 2 aromatic carbocycles. The number of nitrogens with one attached hydrogen (secondary N) is 2. The van der Waals surface area contributed by atoms with Crippen LogP contribution in [0, 0.1) is 17.7 Å². The van der Waals surface area contributed by atoms with Crippen molar-refractivity contribution in [1.82, 2.24) is 15.1 Å². The molecular weight excluding hydrogens is 529 g/mol. The molecular formula is C30H34FN5O5. The highest BCUT2D eigenvalue weighted by Crippen LogP contribution is 2.38. The monoisotopic (exact) mass is 563 g/mol. The number of ether oxygens (including phenoxy) is 1. The van der Waals surface area contributed by atoms with E-state index in [0.717, 1.165) is 25.7 Å². The molecule has 1 aliphatic carbocycles. The Morgan fingerprint density at radius 3 is 2.37 bits per heavy atom. The Morgan fingerprint density at radius 2 is 1.68 bits per heavy atom. The number of rotatable bonds is 8. The molecule has 2 aliphatic rings. The SMILES string of the molecule is COC(=O)C1CCN(C(=O)CC2CCC(c3ccc(NC(=O)c4nnc(Nc5ccccc5F)o4)cc3)CC2)CC1. The normalized spacial score (nSPS) is 19.4. The lowest BCUT2D eigenvalue weighted by Gasteiger charge is -2.33. The molecule has 1 saturated heterocycles. The number of carbonyl (C=O) groups is 3. The van der Waals surface area contributed by atoms with Gasteiger partial charge in [0.1, 0.15) is 5.82 Å². The molecule has 2 N–H and O–H groups in total. The van der Waals surface area contributed by atoms with Crippen LogP contribution in [0.15, 0.2) is 52.9 Å². The van der Waals surface area contributed by atoms with Crippen molar-refractivity contribution >= 4 is 35.2 Å². The summed E-state index contributed by atoms with van der Waals surface area (Å²) in [5.41, 5.74) is 1.96. The van der Waals surface area contributed by atoms with E-state index in [1.54, 1.807) is 12.1 Å². The van der Waals surface area contributed by atoms with Gasteiger partial charge in [-0.2, -0.15) is 0 Å². The molecule has 11 heteroatoms. The summed E-state index contributed by atoms with van der Waals surface area (Å²) in [4.78, 5) is 39.0. The van der Waals surface area contributed by atoms with Gasteiger partial charge in [-0.25, -0.2) is 4.39 Å². The van der Waals surface area contributed by atoms with E-state index in [1.165, 1.54) is 24.8 Å². The van der Waals surface area contributed by atoms with Crippen LogP contribution in [0.5, 0.6) is 0 Å². The minimum Gasteiger partial charge on any atom is -0.469 e. The molecule has 1 saturated carbocycles. The van der Waals surface area contributed by atoms with Crippen LogP contribution in [0.4, 0.5) is 21.8 Å². The number of anilines is 3. The van der Waals surface area contributed by atoms with Gasteiger partial charge in [0.25, 0.3) is 0 Å². The molecule has 1 aromatic heterocycles. The number of benzene rings is 2. The third-order valence-electron chi connectivity index (χ3n) is 8.07. The van der Waals surface area contributed by atoms with Gasteiger partial charge in [0.05, 0.1) is 18.7 Å². The van der Waals surface area contributed by atoms with Crippen LogP contribution in [0.1, 0.15) is 67.1 Å². The van der Waals surface area contributed by atoms with Crippen molar-refractivity contribution in [3.8, 4) is 0 Å². The second-order valence-corrected chi connectivity index (χ2v) is 10.7. The minimum absolute atomic E-state index is 0.0870. The zero-order valence-electron chi connectivity index (χ0n) is 23.0. The number of piperidine rings is 1.